The molecule has 0 saturated carbocycles. The monoisotopic (exact) mass is 476 g/mol. The number of fused-ring (bicyclic) bond motifs is 1. The Morgan fingerprint density at radius 2 is 1.94 bits per heavy atom. The molecule has 2 aromatic carbocycles. The van der Waals surface area contributed by atoms with Gasteiger partial charge in [0.15, 0.2) is 5.13 Å². The summed E-state index contributed by atoms with van der Waals surface area (Å²) < 4.78 is 6.20. The molecule has 1 fully saturated rings. The van der Waals surface area contributed by atoms with Crippen molar-refractivity contribution in [2.75, 3.05) is 12.0 Å². The van der Waals surface area contributed by atoms with Crippen molar-refractivity contribution in [3.05, 3.63) is 81.1 Å². The minimum Gasteiger partial charge on any atom is -0.507 e. The number of nitrogens with zero attached hydrogens (tertiary/aromatic N) is 2. The third kappa shape index (κ3) is 3.51. The van der Waals surface area contributed by atoms with Crippen LogP contribution in [-0.2, 0) is 9.59 Å². The van der Waals surface area contributed by atoms with Crippen LogP contribution in [0.5, 0.6) is 5.75 Å². The van der Waals surface area contributed by atoms with Gasteiger partial charge in [-0.05, 0) is 54.6 Å². The first-order valence-corrected chi connectivity index (χ1v) is 11.9. The molecule has 166 valence electrons. The van der Waals surface area contributed by atoms with E-state index in [1.54, 1.807) is 24.3 Å². The zero-order valence-electron chi connectivity index (χ0n) is 18.2. The minimum atomic E-state index is -0.766. The van der Waals surface area contributed by atoms with E-state index < -0.39 is 17.7 Å². The number of rotatable bonds is 4. The summed E-state index contributed by atoms with van der Waals surface area (Å²) in [7, 11) is 1.53. The van der Waals surface area contributed by atoms with Crippen LogP contribution in [0.3, 0.4) is 0 Å². The zero-order valence-corrected chi connectivity index (χ0v) is 19.8. The molecule has 6 nitrogen and oxygen atoms in total. The summed E-state index contributed by atoms with van der Waals surface area (Å²) in [5.41, 5.74) is 3.37. The van der Waals surface area contributed by atoms with Crippen LogP contribution in [0.2, 0.25) is 0 Å². The van der Waals surface area contributed by atoms with Crippen molar-refractivity contribution in [2.24, 2.45) is 0 Å². The van der Waals surface area contributed by atoms with E-state index in [1.165, 1.54) is 34.7 Å². The number of aromatic nitrogens is 1. The molecule has 2 aromatic heterocycles. The second kappa shape index (κ2) is 8.13. The van der Waals surface area contributed by atoms with Gasteiger partial charge in [-0.15, -0.1) is 11.3 Å². The van der Waals surface area contributed by atoms with Crippen molar-refractivity contribution in [1.29, 1.82) is 0 Å². The highest BCUT2D eigenvalue weighted by Crippen LogP contribution is 2.45. The summed E-state index contributed by atoms with van der Waals surface area (Å²) in [6, 6.07) is 13.8. The minimum absolute atomic E-state index is 0.0443. The van der Waals surface area contributed by atoms with Crippen molar-refractivity contribution >= 4 is 55.5 Å². The molecule has 0 spiro atoms. The molecule has 0 aliphatic carbocycles. The van der Waals surface area contributed by atoms with Crippen LogP contribution >= 0.6 is 22.7 Å². The Kier molecular flexibility index (Phi) is 5.26. The van der Waals surface area contributed by atoms with E-state index in [0.29, 0.717) is 16.4 Å². The number of hydrogen-bond acceptors (Lipinski definition) is 7. The van der Waals surface area contributed by atoms with E-state index in [4.69, 9.17) is 9.72 Å². The molecule has 1 aliphatic rings. The van der Waals surface area contributed by atoms with Crippen molar-refractivity contribution in [1.82, 2.24) is 4.98 Å². The molecule has 0 radical (unpaired) electrons. The highest BCUT2D eigenvalue weighted by atomic mass is 32.1. The molecule has 1 atom stereocenters. The van der Waals surface area contributed by atoms with E-state index in [1.807, 2.05) is 43.5 Å². The van der Waals surface area contributed by atoms with Gasteiger partial charge in [0.2, 0.25) is 0 Å². The lowest BCUT2D eigenvalue weighted by molar-refractivity contribution is -0.132. The summed E-state index contributed by atoms with van der Waals surface area (Å²) in [6.07, 6.45) is 0. The largest absolute Gasteiger partial charge is 0.507 e. The summed E-state index contributed by atoms with van der Waals surface area (Å²) in [5.74, 6) is -1.13. The van der Waals surface area contributed by atoms with E-state index >= 15 is 0 Å². The fourth-order valence-corrected chi connectivity index (χ4v) is 6.13. The van der Waals surface area contributed by atoms with Gasteiger partial charge < -0.3 is 9.84 Å². The molecule has 4 aromatic rings. The molecule has 8 heteroatoms. The molecular formula is C25H20N2O4S2. The number of hydrogen-bond donors (Lipinski definition) is 1. The van der Waals surface area contributed by atoms with Gasteiger partial charge in [0.05, 0.1) is 22.9 Å². The number of thiazole rings is 1. The highest BCUT2D eigenvalue weighted by molar-refractivity contribution is 7.22. The first kappa shape index (κ1) is 21.4. The number of ether oxygens (including phenoxy) is 1. The Morgan fingerprint density at radius 1 is 1.12 bits per heavy atom. The molecule has 33 heavy (non-hydrogen) atoms. The lowest BCUT2D eigenvalue weighted by Gasteiger charge is -2.21. The number of amides is 1. The second-order valence-corrected chi connectivity index (χ2v) is 9.83. The van der Waals surface area contributed by atoms with Crippen LogP contribution in [0.4, 0.5) is 5.13 Å². The predicted molar refractivity (Wildman–Crippen MR) is 131 cm³/mol. The topological polar surface area (TPSA) is 79.7 Å². The van der Waals surface area contributed by atoms with Crippen LogP contribution in [-0.4, -0.2) is 28.9 Å². The number of carbonyl (C=O) groups excluding carboxylic acids is 2. The number of thiophene rings is 1. The standard InChI is InChI=1S/C25H20N2O4S2/c1-13-10-14(2)20-18(11-13)33-25(26-20)27-21(17-8-5-9-32-17)19(23(29)24(27)30)22(28)15-6-4-7-16(12-15)31-3/h4-12,21,28H,1-3H3/b22-19+/t21-/m0/s1. The Balaban J connectivity index is 1.72. The fourth-order valence-electron chi connectivity index (χ4n) is 4.13. The van der Waals surface area contributed by atoms with E-state index in [2.05, 4.69) is 0 Å². The van der Waals surface area contributed by atoms with Crippen molar-refractivity contribution in [2.45, 2.75) is 19.9 Å². The maximum Gasteiger partial charge on any atom is 0.301 e. The molecule has 0 unspecified atom stereocenters. The predicted octanol–water partition coefficient (Wildman–Crippen LogP) is 5.61. The number of aliphatic hydroxyl groups is 1. The first-order chi connectivity index (χ1) is 15.9. The number of anilines is 1. The molecule has 1 saturated heterocycles. The maximum absolute atomic E-state index is 13.3. The summed E-state index contributed by atoms with van der Waals surface area (Å²) >= 11 is 2.79. The summed E-state index contributed by atoms with van der Waals surface area (Å²) in [4.78, 5) is 33.4. The molecule has 1 N–H and O–H groups in total. The Hall–Kier alpha value is -3.49. The quantitative estimate of drug-likeness (QED) is 0.235. The van der Waals surface area contributed by atoms with Gasteiger partial charge in [0.1, 0.15) is 17.6 Å². The molecular weight excluding hydrogens is 456 g/mol. The van der Waals surface area contributed by atoms with E-state index in [0.717, 1.165) is 26.2 Å². The molecule has 3 heterocycles. The maximum atomic E-state index is 13.3. The van der Waals surface area contributed by atoms with Crippen molar-refractivity contribution in [3.63, 3.8) is 0 Å². The SMILES string of the molecule is COc1cccc(/C(O)=C2\C(=O)C(=O)N(c3nc4c(C)cc(C)cc4s3)[C@H]2c2cccs2)c1. The lowest BCUT2D eigenvalue weighted by Crippen LogP contribution is -2.28. The number of benzene rings is 2. The zero-order chi connectivity index (χ0) is 23.3. The summed E-state index contributed by atoms with van der Waals surface area (Å²) in [6.45, 7) is 3.99. The van der Waals surface area contributed by atoms with Crippen LogP contribution < -0.4 is 9.64 Å². The number of aryl methyl sites for hydroxylation is 2. The van der Waals surface area contributed by atoms with Gasteiger partial charge in [-0.2, -0.15) is 0 Å². The average Bonchev–Trinajstić information content (AvgIpc) is 3.52. The smallest absolute Gasteiger partial charge is 0.301 e. The second-order valence-electron chi connectivity index (χ2n) is 7.84. The number of aliphatic hydroxyl groups excluding tert-OH is 1. The lowest BCUT2D eigenvalue weighted by atomic mass is 10.00. The Morgan fingerprint density at radius 3 is 2.67 bits per heavy atom. The average molecular weight is 477 g/mol. The van der Waals surface area contributed by atoms with Gasteiger partial charge in [-0.1, -0.05) is 35.6 Å². The molecule has 0 bridgehead atoms. The van der Waals surface area contributed by atoms with Gasteiger partial charge in [-0.3, -0.25) is 14.5 Å². The third-order valence-electron chi connectivity index (χ3n) is 5.62. The third-order valence-corrected chi connectivity index (χ3v) is 7.55. The number of Topliss-reactive ketones (excluding diaryl/α,β-unsaturated/α-hetero) is 1. The van der Waals surface area contributed by atoms with Crippen LogP contribution in [0.15, 0.2) is 59.5 Å². The van der Waals surface area contributed by atoms with Crippen molar-refractivity contribution < 1.29 is 19.4 Å². The van der Waals surface area contributed by atoms with Crippen LogP contribution in [0.25, 0.3) is 16.0 Å². The van der Waals surface area contributed by atoms with Crippen molar-refractivity contribution in [3.8, 4) is 5.75 Å². The number of ketones is 1. The fraction of sp³-hybridized carbons (Fsp3) is 0.160. The van der Waals surface area contributed by atoms with Gasteiger partial charge in [-0.25, -0.2) is 4.98 Å². The normalized spacial score (nSPS) is 17.8. The van der Waals surface area contributed by atoms with E-state index in [9.17, 15) is 14.7 Å². The van der Waals surface area contributed by atoms with E-state index in [-0.39, 0.29) is 11.3 Å². The molecule has 5 rings (SSSR count). The van der Waals surface area contributed by atoms with Gasteiger partial charge in [0, 0.05) is 10.4 Å². The number of carbonyl (C=O) groups is 2. The Labute approximate surface area is 198 Å². The highest BCUT2D eigenvalue weighted by Gasteiger charge is 2.48. The van der Waals surface area contributed by atoms with Crippen LogP contribution in [0.1, 0.15) is 27.6 Å². The van der Waals surface area contributed by atoms with Gasteiger partial charge >= 0.3 is 5.91 Å². The first-order valence-electron chi connectivity index (χ1n) is 10.3. The molecule has 1 aliphatic heterocycles. The number of methoxy groups -OCH3 is 1. The van der Waals surface area contributed by atoms with Crippen LogP contribution in [0, 0.1) is 13.8 Å². The Bertz CT molecular complexity index is 1440. The molecule has 1 amide bonds. The van der Waals surface area contributed by atoms with Gasteiger partial charge in [0.25, 0.3) is 5.78 Å². The summed E-state index contributed by atoms with van der Waals surface area (Å²) in [5, 5.41) is 13.5.